The second-order valence-electron chi connectivity index (χ2n) is 5.88. The third kappa shape index (κ3) is 6.51. The van der Waals surface area contributed by atoms with Gasteiger partial charge < -0.3 is 20.3 Å². The zero-order chi connectivity index (χ0) is 23.9. The van der Waals surface area contributed by atoms with E-state index < -0.39 is 45.6 Å². The minimum absolute atomic E-state index is 0.113. The summed E-state index contributed by atoms with van der Waals surface area (Å²) in [5.74, 6) is 5.65. The summed E-state index contributed by atoms with van der Waals surface area (Å²) in [6.45, 7) is 0. The molecule has 2 aromatic heterocycles. The van der Waals surface area contributed by atoms with Gasteiger partial charge in [-0.25, -0.2) is 31.2 Å². The van der Waals surface area contributed by atoms with Crippen molar-refractivity contribution < 1.29 is 36.8 Å². The van der Waals surface area contributed by atoms with E-state index in [1.54, 1.807) is 0 Å². The number of nitrogens with zero attached hydrogens (tertiary/aromatic N) is 2. The lowest BCUT2D eigenvalue weighted by atomic mass is 10.2. The molecule has 0 aromatic carbocycles. The predicted molar refractivity (Wildman–Crippen MR) is 108 cm³/mol. The van der Waals surface area contributed by atoms with Crippen LogP contribution >= 0.6 is 0 Å². The van der Waals surface area contributed by atoms with Crippen molar-refractivity contribution in [2.24, 2.45) is 11.7 Å². The van der Waals surface area contributed by atoms with E-state index in [-0.39, 0.29) is 22.8 Å². The third-order valence-electron chi connectivity index (χ3n) is 3.70. The number of nitrogen functional groups attached to an aromatic ring is 2. The van der Waals surface area contributed by atoms with Gasteiger partial charge in [-0.15, -0.1) is 0 Å². The van der Waals surface area contributed by atoms with Gasteiger partial charge in [0.05, 0.1) is 17.5 Å². The highest BCUT2D eigenvalue weighted by Crippen LogP contribution is 2.13. The fraction of sp³-hybridized carbons (Fsp3) is 0.125. The highest BCUT2D eigenvalue weighted by atomic mass is 32.2. The Bertz CT molecular complexity index is 1120. The van der Waals surface area contributed by atoms with Gasteiger partial charge in [-0.3, -0.25) is 14.8 Å². The van der Waals surface area contributed by atoms with Crippen LogP contribution in [0.2, 0.25) is 0 Å². The Hall–Kier alpha value is -3.99. The molecule has 1 atom stereocenters. The summed E-state index contributed by atoms with van der Waals surface area (Å²) in [5, 5.41) is 5.24. The van der Waals surface area contributed by atoms with E-state index in [4.69, 9.17) is 17.1 Å². The van der Waals surface area contributed by atoms with Crippen LogP contribution in [0.15, 0.2) is 36.7 Å². The van der Waals surface area contributed by atoms with Gasteiger partial charge in [-0.2, -0.15) is 8.42 Å². The van der Waals surface area contributed by atoms with Gasteiger partial charge in [-0.05, 0) is 24.3 Å². The van der Waals surface area contributed by atoms with E-state index >= 15 is 0 Å². The molecule has 0 aliphatic carbocycles. The van der Waals surface area contributed by atoms with E-state index in [0.717, 1.165) is 12.4 Å². The van der Waals surface area contributed by atoms with Gasteiger partial charge in [0.15, 0.2) is 11.1 Å². The van der Waals surface area contributed by atoms with Gasteiger partial charge >= 0.3 is 17.9 Å². The number of carbonyl (C=O) groups excluding carboxylic acids is 3. The monoisotopic (exact) mass is 467 g/mol. The van der Waals surface area contributed by atoms with Gasteiger partial charge in [0.25, 0.3) is 10.1 Å². The minimum Gasteiger partial charge on any atom is -0.408 e. The smallest absolute Gasteiger partial charge is 0.347 e. The quantitative estimate of drug-likeness (QED) is 0.0529. The van der Waals surface area contributed by atoms with Crippen molar-refractivity contribution >= 4 is 45.6 Å². The maximum absolute atomic E-state index is 12.2. The lowest BCUT2D eigenvalue weighted by molar-refractivity contribution is -0.137. The number of hydrogen-bond acceptors (Lipinski definition) is 14. The second-order valence-corrected chi connectivity index (χ2v) is 7.48. The van der Waals surface area contributed by atoms with E-state index in [2.05, 4.69) is 30.3 Å². The predicted octanol–water partition coefficient (Wildman–Crippen LogP) is -0.788. The number of hydrazine groups is 2. The summed E-state index contributed by atoms with van der Waals surface area (Å²) in [6, 6.07) is 5.05. The summed E-state index contributed by atoms with van der Waals surface area (Å²) in [6.07, 6.45) is 0.967. The molecule has 0 spiro atoms. The molecule has 2 heterocycles. The number of nitrogens with one attached hydrogen (secondary N) is 3. The molecule has 0 amide bonds. The molecular formula is C16H17N7O8S. The third-order valence-corrected chi connectivity index (χ3v) is 4.77. The molecule has 2 rings (SSSR count). The first-order valence-electron chi connectivity index (χ1n) is 8.42. The number of pyridine rings is 2. The Morgan fingerprint density at radius 3 is 1.81 bits per heavy atom. The van der Waals surface area contributed by atoms with Crippen molar-refractivity contribution in [3.8, 4) is 0 Å². The van der Waals surface area contributed by atoms with E-state index in [9.17, 15) is 27.4 Å². The molecule has 0 aliphatic heterocycles. The SMILES string of the molecule is N=C(CC(C(=O)OC(=O)c1ccc(NN)nc1)S(=O)(=O)O)OC(=O)c1ccc(NN)nc1. The Morgan fingerprint density at radius 2 is 1.44 bits per heavy atom. The molecule has 0 radical (unpaired) electrons. The summed E-state index contributed by atoms with van der Waals surface area (Å²) < 4.78 is 41.6. The average Bonchev–Trinajstić information content (AvgIpc) is 2.76. The number of aromatic nitrogens is 2. The van der Waals surface area contributed by atoms with Crippen LogP contribution in [-0.2, 0) is 24.4 Å². The van der Waals surface area contributed by atoms with Crippen LogP contribution in [0, 0.1) is 5.41 Å². The Balaban J connectivity index is 2.06. The number of nitrogens with two attached hydrogens (primary N) is 2. The number of hydrogen-bond donors (Lipinski definition) is 6. The molecule has 15 nitrogen and oxygen atoms in total. The number of anilines is 2. The molecule has 0 bridgehead atoms. The van der Waals surface area contributed by atoms with Crippen molar-refractivity contribution in [2.75, 3.05) is 10.9 Å². The van der Waals surface area contributed by atoms with E-state index in [1.165, 1.54) is 24.3 Å². The molecule has 170 valence electrons. The van der Waals surface area contributed by atoms with Crippen LogP contribution < -0.4 is 22.5 Å². The zero-order valence-electron chi connectivity index (χ0n) is 16.0. The van der Waals surface area contributed by atoms with Gasteiger partial charge in [0.2, 0.25) is 0 Å². The van der Waals surface area contributed by atoms with Gasteiger partial charge in [0, 0.05) is 12.4 Å². The van der Waals surface area contributed by atoms with Crippen LogP contribution in [0.25, 0.3) is 0 Å². The molecule has 16 heteroatoms. The zero-order valence-corrected chi connectivity index (χ0v) is 16.8. The highest BCUT2D eigenvalue weighted by molar-refractivity contribution is 7.87. The molecule has 1 unspecified atom stereocenters. The van der Waals surface area contributed by atoms with E-state index in [0.29, 0.717) is 0 Å². The largest absolute Gasteiger partial charge is 0.408 e. The fourth-order valence-corrected chi connectivity index (χ4v) is 2.76. The fourth-order valence-electron chi connectivity index (χ4n) is 2.11. The number of esters is 3. The van der Waals surface area contributed by atoms with Crippen molar-refractivity contribution in [1.82, 2.24) is 9.97 Å². The molecule has 0 fully saturated rings. The van der Waals surface area contributed by atoms with Crippen LogP contribution in [0.4, 0.5) is 11.6 Å². The minimum atomic E-state index is -5.14. The first kappa shape index (κ1) is 24.3. The number of ether oxygens (including phenoxy) is 2. The lowest BCUT2D eigenvalue weighted by Gasteiger charge is -2.13. The van der Waals surface area contributed by atoms with Crippen LogP contribution in [-0.4, -0.2) is 52.0 Å². The highest BCUT2D eigenvalue weighted by Gasteiger charge is 2.36. The summed E-state index contributed by atoms with van der Waals surface area (Å²) in [4.78, 5) is 43.7. The van der Waals surface area contributed by atoms with Crippen LogP contribution in [0.3, 0.4) is 0 Å². The van der Waals surface area contributed by atoms with Gasteiger partial charge in [0.1, 0.15) is 11.6 Å². The summed E-state index contributed by atoms with van der Waals surface area (Å²) in [7, 11) is -5.14. The molecule has 8 N–H and O–H groups in total. The maximum atomic E-state index is 12.2. The number of carbonyl (C=O) groups is 3. The molecule has 0 saturated carbocycles. The van der Waals surface area contributed by atoms with Crippen molar-refractivity contribution in [3.05, 3.63) is 47.8 Å². The normalized spacial score (nSPS) is 11.7. The molecule has 2 aromatic rings. The van der Waals surface area contributed by atoms with Crippen LogP contribution in [0.5, 0.6) is 0 Å². The molecule has 0 saturated heterocycles. The average molecular weight is 467 g/mol. The van der Waals surface area contributed by atoms with Crippen molar-refractivity contribution in [2.45, 2.75) is 11.7 Å². The first-order valence-corrected chi connectivity index (χ1v) is 9.92. The topological polar surface area (TPSA) is 250 Å². The second kappa shape index (κ2) is 10.4. The Morgan fingerprint density at radius 1 is 0.969 bits per heavy atom. The lowest BCUT2D eigenvalue weighted by Crippen LogP contribution is -2.36. The van der Waals surface area contributed by atoms with Gasteiger partial charge in [-0.1, -0.05) is 0 Å². The Labute approximate surface area is 180 Å². The molecule has 0 aliphatic rings. The summed E-state index contributed by atoms with van der Waals surface area (Å²) >= 11 is 0. The molecular weight excluding hydrogens is 450 g/mol. The Kier molecular flexibility index (Phi) is 7.86. The maximum Gasteiger partial charge on any atom is 0.347 e. The first-order chi connectivity index (χ1) is 15.0. The van der Waals surface area contributed by atoms with Crippen molar-refractivity contribution in [1.29, 1.82) is 5.41 Å². The van der Waals surface area contributed by atoms with E-state index in [1.807, 2.05) is 0 Å². The number of rotatable bonds is 8. The van der Waals surface area contributed by atoms with Crippen LogP contribution in [0.1, 0.15) is 27.1 Å². The summed E-state index contributed by atoms with van der Waals surface area (Å²) in [5.41, 5.74) is 4.10. The van der Waals surface area contributed by atoms with Crippen molar-refractivity contribution in [3.63, 3.8) is 0 Å². The standard InChI is InChI=1S/C16H17N7O8S/c17-11(30-14(24)8-1-3-12(22-18)20-6-8)5-10(32(27,28)29)16(26)31-15(25)9-2-4-13(23-19)21-7-9/h1-4,6-7,10,17H,5,18-19H2,(H,20,22)(H,21,23)(H,27,28,29). The molecule has 32 heavy (non-hydrogen) atoms.